The molecule has 0 radical (unpaired) electrons. The smallest absolute Gasteiger partial charge is 0.354 e. The van der Waals surface area contributed by atoms with E-state index in [1.807, 2.05) is 0 Å². The summed E-state index contributed by atoms with van der Waals surface area (Å²) in [5.41, 5.74) is 3.75. The number of nitrogens with zero attached hydrogens (tertiary/aromatic N) is 3. The van der Waals surface area contributed by atoms with Crippen LogP contribution in [0.2, 0.25) is 0 Å². The van der Waals surface area contributed by atoms with Crippen LogP contribution in [0.5, 0.6) is 0 Å². The standard InChI is InChI=1S/C8H12N4O5/c9-7-10-2-12(8(16)11-7)6-5(15)4(14)3(1-13)17-6/h2-6,13-15H,1H2,(H2,9,11,16)/t3-,4?,5+,6-/m1/s1/i1D2,3D,4D,5D,6D. The van der Waals surface area contributed by atoms with Crippen molar-refractivity contribution in [1.82, 2.24) is 14.5 Å². The van der Waals surface area contributed by atoms with Crippen LogP contribution < -0.4 is 11.4 Å². The number of aromatic nitrogens is 3. The average molecular weight is 250 g/mol. The van der Waals surface area contributed by atoms with E-state index in [0.29, 0.717) is 6.33 Å². The molecule has 1 saturated heterocycles. The third-order valence-electron chi connectivity index (χ3n) is 1.88. The monoisotopic (exact) mass is 250 g/mol. The summed E-state index contributed by atoms with van der Waals surface area (Å²) in [4.78, 5) is 18.2. The highest BCUT2D eigenvalue weighted by atomic mass is 16.6. The molecule has 1 fully saturated rings. The average Bonchev–Trinajstić information content (AvgIpc) is 2.46. The van der Waals surface area contributed by atoms with Crippen LogP contribution in [0.15, 0.2) is 11.1 Å². The zero-order valence-electron chi connectivity index (χ0n) is 14.2. The van der Waals surface area contributed by atoms with Gasteiger partial charge < -0.3 is 25.8 Å². The van der Waals surface area contributed by atoms with Crippen molar-refractivity contribution in [3.05, 3.63) is 16.8 Å². The highest BCUT2D eigenvalue weighted by molar-refractivity contribution is 5.10. The van der Waals surface area contributed by atoms with Gasteiger partial charge in [0.25, 0.3) is 0 Å². The number of ether oxygens (including phenoxy) is 1. The third kappa shape index (κ3) is 2.00. The first kappa shape index (κ1) is 6.40. The van der Waals surface area contributed by atoms with Gasteiger partial charge in [0.15, 0.2) is 6.20 Å². The lowest BCUT2D eigenvalue weighted by molar-refractivity contribution is -0.0554. The molecule has 2 heterocycles. The summed E-state index contributed by atoms with van der Waals surface area (Å²) in [5, 5.41) is 29.4. The number of nitrogen functional groups attached to an aromatic ring is 1. The van der Waals surface area contributed by atoms with Gasteiger partial charge >= 0.3 is 5.69 Å². The Morgan fingerprint density at radius 2 is 2.35 bits per heavy atom. The maximum Gasteiger partial charge on any atom is 0.354 e. The zero-order valence-corrected chi connectivity index (χ0v) is 8.15. The van der Waals surface area contributed by atoms with Crippen molar-refractivity contribution < 1.29 is 28.3 Å². The van der Waals surface area contributed by atoms with E-state index in [1.165, 1.54) is 0 Å². The molecule has 4 atom stereocenters. The molecule has 0 aromatic carbocycles. The number of anilines is 1. The number of hydrogen-bond acceptors (Lipinski definition) is 8. The van der Waals surface area contributed by atoms with Gasteiger partial charge in [-0.1, -0.05) is 0 Å². The first-order valence-corrected chi connectivity index (χ1v) is 4.21. The van der Waals surface area contributed by atoms with Crippen molar-refractivity contribution in [2.75, 3.05) is 12.3 Å². The van der Waals surface area contributed by atoms with Gasteiger partial charge in [-0.15, -0.1) is 0 Å². The summed E-state index contributed by atoms with van der Waals surface area (Å²) in [6.07, 6.45) is -14.4. The van der Waals surface area contributed by atoms with E-state index in [4.69, 9.17) is 14.0 Å². The molecule has 0 bridgehead atoms. The SMILES string of the molecule is [2H]C([2H])(O)[C@@]1([2H])O[C@@]([2H])(n2cnc(N)nc2=O)[C@@]([2H])(O)C1([2H])O. The second-order valence-corrected chi connectivity index (χ2v) is 2.91. The summed E-state index contributed by atoms with van der Waals surface area (Å²) in [7, 11) is 0. The first-order valence-electron chi connectivity index (χ1n) is 7.21. The summed E-state index contributed by atoms with van der Waals surface area (Å²) in [6, 6.07) is 0. The lowest BCUT2D eigenvalue weighted by atomic mass is 10.1. The fourth-order valence-corrected chi connectivity index (χ4v) is 1.13. The Bertz CT molecular complexity index is 707. The Labute approximate surface area is 104 Å². The van der Waals surface area contributed by atoms with Crippen LogP contribution in [0.25, 0.3) is 0 Å². The van der Waals surface area contributed by atoms with Crippen LogP contribution in [-0.4, -0.2) is 54.7 Å². The Hall–Kier alpha value is -1.55. The van der Waals surface area contributed by atoms with E-state index in [0.717, 1.165) is 0 Å². The number of hydrogen-bond donors (Lipinski definition) is 4. The third-order valence-corrected chi connectivity index (χ3v) is 1.88. The van der Waals surface area contributed by atoms with Gasteiger partial charge in [0.2, 0.25) is 5.95 Å². The molecule has 1 aliphatic heterocycles. The normalized spacial score (nSPS) is 56.2. The van der Waals surface area contributed by atoms with E-state index < -0.39 is 42.6 Å². The molecule has 1 unspecified atom stereocenters. The minimum Gasteiger partial charge on any atom is -0.394 e. The number of nitrogens with two attached hydrogens (primary N) is 1. The molecule has 0 amide bonds. The quantitative estimate of drug-likeness (QED) is 0.430. The highest BCUT2D eigenvalue weighted by Gasteiger charge is 2.43. The molecule has 17 heavy (non-hydrogen) atoms. The van der Waals surface area contributed by atoms with Crippen molar-refractivity contribution in [2.24, 2.45) is 0 Å². The van der Waals surface area contributed by atoms with E-state index in [2.05, 4.69) is 14.7 Å². The van der Waals surface area contributed by atoms with E-state index in [9.17, 15) is 20.1 Å². The molecule has 1 aromatic rings. The molecule has 9 nitrogen and oxygen atoms in total. The molecule has 0 spiro atoms. The lowest BCUT2D eigenvalue weighted by Gasteiger charge is -2.16. The molecule has 0 saturated carbocycles. The Balaban J connectivity index is 2.76. The lowest BCUT2D eigenvalue weighted by Crippen LogP contribution is -2.36. The summed E-state index contributed by atoms with van der Waals surface area (Å²) >= 11 is 0. The molecule has 1 aliphatic rings. The summed E-state index contributed by atoms with van der Waals surface area (Å²) in [6.45, 7) is -3.79. The number of aliphatic hydroxyl groups is 3. The van der Waals surface area contributed by atoms with Crippen LogP contribution in [-0.2, 0) is 4.74 Å². The second-order valence-electron chi connectivity index (χ2n) is 2.91. The van der Waals surface area contributed by atoms with Crippen molar-refractivity contribution in [2.45, 2.75) is 24.4 Å². The van der Waals surface area contributed by atoms with Crippen LogP contribution in [0.4, 0.5) is 5.95 Å². The van der Waals surface area contributed by atoms with Gasteiger partial charge in [-0.05, 0) is 0 Å². The molecule has 0 aliphatic carbocycles. The van der Waals surface area contributed by atoms with Gasteiger partial charge in [-0.3, -0.25) is 4.57 Å². The van der Waals surface area contributed by atoms with Crippen molar-refractivity contribution in [3.63, 3.8) is 0 Å². The van der Waals surface area contributed by atoms with Crippen LogP contribution in [0, 0.1) is 0 Å². The van der Waals surface area contributed by atoms with E-state index >= 15 is 0 Å². The van der Waals surface area contributed by atoms with Crippen molar-refractivity contribution in [1.29, 1.82) is 0 Å². The van der Waals surface area contributed by atoms with Crippen LogP contribution in [0.3, 0.4) is 0 Å². The first-order chi connectivity index (χ1) is 10.1. The van der Waals surface area contributed by atoms with Gasteiger partial charge in [0.1, 0.15) is 24.6 Å². The topological polar surface area (TPSA) is 144 Å². The maximum atomic E-state index is 11.8. The minimum atomic E-state index is -3.89. The van der Waals surface area contributed by atoms with E-state index in [1.54, 1.807) is 0 Å². The summed E-state index contributed by atoms with van der Waals surface area (Å²) < 4.78 is 49.5. The van der Waals surface area contributed by atoms with Gasteiger partial charge in [0, 0.05) is 0 Å². The van der Waals surface area contributed by atoms with Crippen LogP contribution in [0.1, 0.15) is 14.4 Å². The minimum absolute atomic E-state index is 0.0257. The fourth-order valence-electron chi connectivity index (χ4n) is 1.13. The Morgan fingerprint density at radius 1 is 1.65 bits per heavy atom. The highest BCUT2D eigenvalue weighted by Crippen LogP contribution is 2.27. The van der Waals surface area contributed by atoms with Crippen molar-refractivity contribution >= 4 is 5.95 Å². The maximum absolute atomic E-state index is 11.8. The predicted molar refractivity (Wildman–Crippen MR) is 53.7 cm³/mol. The molecule has 9 heteroatoms. The van der Waals surface area contributed by atoms with Crippen molar-refractivity contribution in [3.8, 4) is 0 Å². The van der Waals surface area contributed by atoms with Gasteiger partial charge in [0.05, 0.1) is 14.8 Å². The fraction of sp³-hybridized carbons (Fsp3) is 0.625. The molecular weight excluding hydrogens is 232 g/mol. The molecule has 5 N–H and O–H groups in total. The second kappa shape index (κ2) is 4.37. The molecule has 2 rings (SSSR count). The molecule has 94 valence electrons. The van der Waals surface area contributed by atoms with Gasteiger partial charge in [-0.2, -0.15) is 4.98 Å². The largest absolute Gasteiger partial charge is 0.394 e. The molecular formula is C8H12N4O5. The Morgan fingerprint density at radius 3 is 2.88 bits per heavy atom. The molecule has 1 aromatic heterocycles. The number of rotatable bonds is 2. The summed E-state index contributed by atoms with van der Waals surface area (Å²) in [5.74, 6) is -0.530. The Kier molecular flexibility index (Phi) is 1.65. The predicted octanol–water partition coefficient (Wildman–Crippen LogP) is -3.17. The van der Waals surface area contributed by atoms with Crippen LogP contribution >= 0.6 is 0 Å². The van der Waals surface area contributed by atoms with Gasteiger partial charge in [-0.25, -0.2) is 9.78 Å². The zero-order chi connectivity index (χ0) is 18.1. The van der Waals surface area contributed by atoms with E-state index in [-0.39, 0.29) is 4.57 Å².